The van der Waals surface area contributed by atoms with Crippen LogP contribution in [0.2, 0.25) is 0 Å². The van der Waals surface area contributed by atoms with Gasteiger partial charge in [0.1, 0.15) is 18.2 Å². The fraction of sp³-hybridized carbons (Fsp3) is 0.188. The summed E-state index contributed by atoms with van der Waals surface area (Å²) in [5.41, 5.74) is 2.40. The van der Waals surface area contributed by atoms with E-state index in [9.17, 15) is 9.18 Å². The summed E-state index contributed by atoms with van der Waals surface area (Å²) in [4.78, 5) is 11.0. The highest BCUT2D eigenvalue weighted by Gasteiger charge is 2.11. The van der Waals surface area contributed by atoms with Crippen LogP contribution in [0.3, 0.4) is 0 Å². The number of carboxylic acid groups (broad SMARTS) is 1. The first-order valence-corrected chi connectivity index (χ1v) is 7.08. The number of hydrogen-bond acceptors (Lipinski definition) is 2. The fourth-order valence-corrected chi connectivity index (χ4v) is 2.66. The SMILES string of the molecule is Cc1cc(C(=O)O)cc(C)c1OCc1cc(F)cc(Br)c1. The van der Waals surface area contributed by atoms with Crippen LogP contribution in [-0.2, 0) is 6.61 Å². The van der Waals surface area contributed by atoms with Crippen LogP contribution in [0.15, 0.2) is 34.8 Å². The van der Waals surface area contributed by atoms with Crippen molar-refractivity contribution in [2.24, 2.45) is 0 Å². The van der Waals surface area contributed by atoms with Gasteiger partial charge >= 0.3 is 5.97 Å². The van der Waals surface area contributed by atoms with Crippen LogP contribution in [0.25, 0.3) is 0 Å². The first-order valence-electron chi connectivity index (χ1n) is 6.29. The molecule has 110 valence electrons. The highest BCUT2D eigenvalue weighted by Crippen LogP contribution is 2.26. The van der Waals surface area contributed by atoms with Gasteiger partial charge < -0.3 is 9.84 Å². The van der Waals surface area contributed by atoms with Crippen molar-refractivity contribution < 1.29 is 19.0 Å². The van der Waals surface area contributed by atoms with E-state index in [2.05, 4.69) is 15.9 Å². The van der Waals surface area contributed by atoms with E-state index in [0.717, 1.165) is 11.1 Å². The quantitative estimate of drug-likeness (QED) is 0.882. The largest absolute Gasteiger partial charge is 0.488 e. The predicted octanol–water partition coefficient (Wildman–Crippen LogP) is 4.48. The van der Waals surface area contributed by atoms with E-state index < -0.39 is 5.97 Å². The molecule has 2 aromatic rings. The summed E-state index contributed by atoms with van der Waals surface area (Å²) in [5, 5.41) is 9.01. The van der Waals surface area contributed by atoms with Gasteiger partial charge in [-0.15, -0.1) is 0 Å². The minimum atomic E-state index is -0.971. The number of rotatable bonds is 4. The van der Waals surface area contributed by atoms with Gasteiger partial charge in [0.15, 0.2) is 0 Å². The van der Waals surface area contributed by atoms with Crippen LogP contribution in [0, 0.1) is 19.7 Å². The van der Waals surface area contributed by atoms with E-state index in [-0.39, 0.29) is 18.0 Å². The molecule has 0 fully saturated rings. The minimum Gasteiger partial charge on any atom is -0.488 e. The maximum Gasteiger partial charge on any atom is 0.335 e. The third kappa shape index (κ3) is 3.82. The molecule has 1 N–H and O–H groups in total. The van der Waals surface area contributed by atoms with E-state index in [1.165, 1.54) is 12.1 Å². The molecule has 0 atom stereocenters. The van der Waals surface area contributed by atoms with Crippen molar-refractivity contribution in [3.05, 3.63) is 62.9 Å². The zero-order chi connectivity index (χ0) is 15.6. The predicted molar refractivity (Wildman–Crippen MR) is 81.3 cm³/mol. The second-order valence-corrected chi connectivity index (χ2v) is 5.73. The number of hydrogen-bond donors (Lipinski definition) is 1. The van der Waals surface area contributed by atoms with Crippen molar-refractivity contribution in [3.63, 3.8) is 0 Å². The summed E-state index contributed by atoms with van der Waals surface area (Å²) < 4.78 is 19.7. The number of carboxylic acids is 1. The van der Waals surface area contributed by atoms with Crippen molar-refractivity contribution in [3.8, 4) is 5.75 Å². The van der Waals surface area contributed by atoms with Gasteiger partial charge in [-0.1, -0.05) is 15.9 Å². The smallest absolute Gasteiger partial charge is 0.335 e. The lowest BCUT2D eigenvalue weighted by Gasteiger charge is -2.13. The van der Waals surface area contributed by atoms with Crippen molar-refractivity contribution in [1.29, 1.82) is 0 Å². The van der Waals surface area contributed by atoms with E-state index in [1.807, 2.05) is 0 Å². The molecule has 0 aliphatic heterocycles. The normalized spacial score (nSPS) is 10.5. The number of carbonyl (C=O) groups is 1. The molecule has 0 spiro atoms. The number of benzene rings is 2. The van der Waals surface area contributed by atoms with E-state index in [0.29, 0.717) is 15.8 Å². The standard InChI is InChI=1S/C16H14BrFO3/c1-9-3-12(16(19)20)4-10(2)15(9)21-8-11-5-13(17)7-14(18)6-11/h3-7H,8H2,1-2H3,(H,19,20). The van der Waals surface area contributed by atoms with Gasteiger partial charge in [-0.2, -0.15) is 0 Å². The Kier molecular flexibility index (Phi) is 4.63. The maximum absolute atomic E-state index is 13.3. The number of aryl methyl sites for hydroxylation is 2. The summed E-state index contributed by atoms with van der Waals surface area (Å²) in [6.07, 6.45) is 0. The van der Waals surface area contributed by atoms with Crippen LogP contribution in [0.4, 0.5) is 4.39 Å². The molecule has 2 rings (SSSR count). The highest BCUT2D eigenvalue weighted by molar-refractivity contribution is 9.10. The zero-order valence-corrected chi connectivity index (χ0v) is 13.2. The van der Waals surface area contributed by atoms with Crippen molar-refractivity contribution in [2.75, 3.05) is 0 Å². The summed E-state index contributed by atoms with van der Waals surface area (Å²) in [6, 6.07) is 7.68. The van der Waals surface area contributed by atoms with Crippen LogP contribution >= 0.6 is 15.9 Å². The van der Waals surface area contributed by atoms with Gasteiger partial charge in [0, 0.05) is 4.47 Å². The lowest BCUT2D eigenvalue weighted by Crippen LogP contribution is -2.03. The van der Waals surface area contributed by atoms with Crippen molar-refractivity contribution >= 4 is 21.9 Å². The summed E-state index contributed by atoms with van der Waals surface area (Å²) in [7, 11) is 0. The van der Waals surface area contributed by atoms with Gasteiger partial charge in [-0.25, -0.2) is 9.18 Å². The molecule has 0 amide bonds. The first-order chi connectivity index (χ1) is 9.86. The van der Waals surface area contributed by atoms with Gasteiger partial charge in [-0.05, 0) is 60.9 Å². The van der Waals surface area contributed by atoms with Crippen LogP contribution < -0.4 is 4.74 Å². The minimum absolute atomic E-state index is 0.213. The molecular weight excluding hydrogens is 339 g/mol. The molecule has 0 saturated carbocycles. The molecule has 0 bridgehead atoms. The molecule has 0 aliphatic rings. The summed E-state index contributed by atoms with van der Waals surface area (Å²) in [5.74, 6) is -0.681. The monoisotopic (exact) mass is 352 g/mol. The fourth-order valence-electron chi connectivity index (χ4n) is 2.15. The Hall–Kier alpha value is -1.88. The second-order valence-electron chi connectivity index (χ2n) is 4.81. The molecule has 0 saturated heterocycles. The zero-order valence-electron chi connectivity index (χ0n) is 11.6. The molecule has 0 unspecified atom stereocenters. The van der Waals surface area contributed by atoms with Gasteiger partial charge in [0.25, 0.3) is 0 Å². The van der Waals surface area contributed by atoms with Crippen molar-refractivity contribution in [2.45, 2.75) is 20.5 Å². The Morgan fingerprint density at radius 2 is 1.81 bits per heavy atom. The molecule has 0 heterocycles. The maximum atomic E-state index is 13.3. The number of halogens is 2. The topological polar surface area (TPSA) is 46.5 Å². The van der Waals surface area contributed by atoms with Crippen LogP contribution in [0.1, 0.15) is 27.0 Å². The molecule has 21 heavy (non-hydrogen) atoms. The van der Waals surface area contributed by atoms with Crippen LogP contribution in [0.5, 0.6) is 5.75 Å². The molecule has 2 aromatic carbocycles. The number of ether oxygens (including phenoxy) is 1. The number of aromatic carboxylic acids is 1. The Bertz CT molecular complexity index is 655. The lowest BCUT2D eigenvalue weighted by molar-refractivity contribution is 0.0696. The third-order valence-electron chi connectivity index (χ3n) is 3.01. The highest BCUT2D eigenvalue weighted by atomic mass is 79.9. The Balaban J connectivity index is 2.22. The average Bonchev–Trinajstić information content (AvgIpc) is 2.36. The van der Waals surface area contributed by atoms with E-state index in [4.69, 9.17) is 9.84 Å². The first kappa shape index (κ1) is 15.5. The van der Waals surface area contributed by atoms with E-state index in [1.54, 1.807) is 32.0 Å². The van der Waals surface area contributed by atoms with Crippen LogP contribution in [-0.4, -0.2) is 11.1 Å². The Morgan fingerprint density at radius 1 is 1.19 bits per heavy atom. The summed E-state index contributed by atoms with van der Waals surface area (Å²) >= 11 is 3.23. The third-order valence-corrected chi connectivity index (χ3v) is 3.47. The molecular formula is C16H14BrFO3. The second kappa shape index (κ2) is 6.26. The Morgan fingerprint density at radius 3 is 2.33 bits per heavy atom. The molecule has 5 heteroatoms. The molecule has 3 nitrogen and oxygen atoms in total. The van der Waals surface area contributed by atoms with Gasteiger partial charge in [-0.3, -0.25) is 0 Å². The van der Waals surface area contributed by atoms with Gasteiger partial charge in [0.2, 0.25) is 0 Å². The Labute approximate surface area is 130 Å². The molecule has 0 radical (unpaired) electrons. The molecule has 0 aromatic heterocycles. The molecule has 0 aliphatic carbocycles. The van der Waals surface area contributed by atoms with E-state index >= 15 is 0 Å². The lowest BCUT2D eigenvalue weighted by atomic mass is 10.1. The summed E-state index contributed by atoms with van der Waals surface area (Å²) in [6.45, 7) is 3.79. The van der Waals surface area contributed by atoms with Gasteiger partial charge in [0.05, 0.1) is 5.56 Å². The van der Waals surface area contributed by atoms with Crippen molar-refractivity contribution in [1.82, 2.24) is 0 Å². The average molecular weight is 353 g/mol.